The molecule has 0 atom stereocenters. The first kappa shape index (κ1) is 15.0. The standard InChI is InChI=1S/C11H13BrFNO4/c12-8-3-1-2-7(9(8)13)10(18)14-11(4-15,5-16)6-17/h1-3,15-17H,4-6H2,(H,14,18). The molecule has 0 aliphatic rings. The molecule has 0 radical (unpaired) electrons. The number of aliphatic hydroxyl groups excluding tert-OH is 3. The largest absolute Gasteiger partial charge is 0.394 e. The van der Waals surface area contributed by atoms with E-state index in [9.17, 15) is 9.18 Å². The second kappa shape index (κ2) is 6.24. The van der Waals surface area contributed by atoms with Crippen LogP contribution in [0.15, 0.2) is 22.7 Å². The molecule has 0 aliphatic carbocycles. The molecule has 0 aliphatic heterocycles. The Bertz CT molecular complexity index is 429. The third kappa shape index (κ3) is 3.05. The van der Waals surface area contributed by atoms with Crippen LogP contribution < -0.4 is 5.32 Å². The van der Waals surface area contributed by atoms with E-state index in [1.54, 1.807) is 0 Å². The molecule has 0 saturated heterocycles. The van der Waals surface area contributed by atoms with Crippen LogP contribution in [0, 0.1) is 5.82 Å². The molecule has 1 aromatic carbocycles. The van der Waals surface area contributed by atoms with Crippen LogP contribution in [-0.2, 0) is 0 Å². The quantitative estimate of drug-likeness (QED) is 0.616. The van der Waals surface area contributed by atoms with Crippen molar-refractivity contribution >= 4 is 21.8 Å². The van der Waals surface area contributed by atoms with Gasteiger partial charge in [0.1, 0.15) is 11.4 Å². The van der Waals surface area contributed by atoms with E-state index in [4.69, 9.17) is 15.3 Å². The Morgan fingerprint density at radius 3 is 2.33 bits per heavy atom. The molecule has 7 heteroatoms. The molecular formula is C11H13BrFNO4. The first-order valence-corrected chi connectivity index (χ1v) is 5.88. The first-order chi connectivity index (χ1) is 8.49. The fourth-order valence-corrected chi connectivity index (χ4v) is 1.62. The fraction of sp³-hybridized carbons (Fsp3) is 0.364. The van der Waals surface area contributed by atoms with Crippen molar-refractivity contribution in [1.82, 2.24) is 5.32 Å². The lowest BCUT2D eigenvalue weighted by molar-refractivity contribution is 0.0373. The summed E-state index contributed by atoms with van der Waals surface area (Å²) in [5, 5.41) is 29.4. The predicted octanol–water partition coefficient (Wildman–Crippen LogP) is 0.0337. The van der Waals surface area contributed by atoms with Crippen LogP contribution in [-0.4, -0.2) is 46.6 Å². The summed E-state index contributed by atoms with van der Waals surface area (Å²) < 4.78 is 13.8. The zero-order valence-corrected chi connectivity index (χ0v) is 10.9. The highest BCUT2D eigenvalue weighted by atomic mass is 79.9. The number of amides is 1. The number of hydrogen-bond donors (Lipinski definition) is 4. The van der Waals surface area contributed by atoms with E-state index in [-0.39, 0.29) is 10.0 Å². The van der Waals surface area contributed by atoms with Crippen LogP contribution in [0.5, 0.6) is 0 Å². The monoisotopic (exact) mass is 321 g/mol. The van der Waals surface area contributed by atoms with Crippen LogP contribution in [0.4, 0.5) is 4.39 Å². The number of nitrogens with one attached hydrogen (secondary N) is 1. The van der Waals surface area contributed by atoms with Gasteiger partial charge in [0.25, 0.3) is 5.91 Å². The number of halogens is 2. The van der Waals surface area contributed by atoms with E-state index in [1.165, 1.54) is 18.2 Å². The van der Waals surface area contributed by atoms with E-state index >= 15 is 0 Å². The van der Waals surface area contributed by atoms with Crippen molar-refractivity contribution in [1.29, 1.82) is 0 Å². The highest BCUT2D eigenvalue weighted by Crippen LogP contribution is 2.19. The summed E-state index contributed by atoms with van der Waals surface area (Å²) in [6, 6.07) is 4.16. The van der Waals surface area contributed by atoms with Crippen molar-refractivity contribution < 1.29 is 24.5 Å². The van der Waals surface area contributed by atoms with Crippen LogP contribution >= 0.6 is 15.9 Å². The van der Waals surface area contributed by atoms with E-state index in [2.05, 4.69) is 21.2 Å². The smallest absolute Gasteiger partial charge is 0.254 e. The molecule has 5 nitrogen and oxygen atoms in total. The normalized spacial score (nSPS) is 11.4. The van der Waals surface area contributed by atoms with Gasteiger partial charge in [0, 0.05) is 0 Å². The Morgan fingerprint density at radius 1 is 1.28 bits per heavy atom. The summed E-state index contributed by atoms with van der Waals surface area (Å²) in [6.45, 7) is -2.00. The molecule has 0 saturated carbocycles. The lowest BCUT2D eigenvalue weighted by atomic mass is 10.0. The average Bonchev–Trinajstić information content (AvgIpc) is 2.39. The highest BCUT2D eigenvalue weighted by molar-refractivity contribution is 9.10. The van der Waals surface area contributed by atoms with Crippen molar-refractivity contribution in [3.8, 4) is 0 Å². The van der Waals surface area contributed by atoms with E-state index < -0.39 is 37.1 Å². The van der Waals surface area contributed by atoms with Crippen molar-refractivity contribution in [3.63, 3.8) is 0 Å². The Balaban J connectivity index is 2.98. The minimum absolute atomic E-state index is 0.123. The van der Waals surface area contributed by atoms with Gasteiger partial charge in [-0.2, -0.15) is 0 Å². The van der Waals surface area contributed by atoms with Gasteiger partial charge in [-0.25, -0.2) is 4.39 Å². The summed E-state index contributed by atoms with van der Waals surface area (Å²) in [7, 11) is 0. The number of aliphatic hydroxyl groups is 3. The number of hydrogen-bond acceptors (Lipinski definition) is 4. The van der Waals surface area contributed by atoms with Gasteiger partial charge < -0.3 is 20.6 Å². The topological polar surface area (TPSA) is 89.8 Å². The van der Waals surface area contributed by atoms with Crippen LogP contribution in [0.1, 0.15) is 10.4 Å². The van der Waals surface area contributed by atoms with E-state index in [0.717, 1.165) is 0 Å². The lowest BCUT2D eigenvalue weighted by Crippen LogP contribution is -2.57. The zero-order chi connectivity index (χ0) is 13.8. The van der Waals surface area contributed by atoms with Gasteiger partial charge >= 0.3 is 0 Å². The van der Waals surface area contributed by atoms with Gasteiger partial charge in [-0.15, -0.1) is 0 Å². The Kier molecular flexibility index (Phi) is 5.21. The maximum absolute atomic E-state index is 13.6. The van der Waals surface area contributed by atoms with Crippen LogP contribution in [0.25, 0.3) is 0 Å². The molecule has 0 bridgehead atoms. The molecule has 0 heterocycles. The third-order valence-corrected chi connectivity index (χ3v) is 3.10. The van der Waals surface area contributed by atoms with Crippen LogP contribution in [0.3, 0.4) is 0 Å². The third-order valence-electron chi connectivity index (χ3n) is 2.48. The highest BCUT2D eigenvalue weighted by Gasteiger charge is 2.31. The van der Waals surface area contributed by atoms with Gasteiger partial charge in [-0.1, -0.05) is 6.07 Å². The van der Waals surface area contributed by atoms with Gasteiger partial charge in [0.2, 0.25) is 0 Å². The molecule has 1 rings (SSSR count). The molecule has 4 N–H and O–H groups in total. The molecular weight excluding hydrogens is 309 g/mol. The summed E-state index contributed by atoms with van der Waals surface area (Å²) in [6.07, 6.45) is 0. The maximum atomic E-state index is 13.6. The molecule has 0 aromatic heterocycles. The van der Waals surface area contributed by atoms with Gasteiger partial charge in [0.15, 0.2) is 0 Å². The number of carbonyl (C=O) groups excluding carboxylic acids is 1. The average molecular weight is 322 g/mol. The summed E-state index contributed by atoms with van der Waals surface area (Å²) in [5.41, 5.74) is -1.82. The second-order valence-corrected chi connectivity index (χ2v) is 4.66. The molecule has 1 amide bonds. The van der Waals surface area contributed by atoms with E-state index in [0.29, 0.717) is 0 Å². The van der Waals surface area contributed by atoms with E-state index in [1.807, 2.05) is 0 Å². The maximum Gasteiger partial charge on any atom is 0.254 e. The number of benzene rings is 1. The molecule has 1 aromatic rings. The molecule has 0 unspecified atom stereocenters. The summed E-state index contributed by atoms with van der Waals surface area (Å²) >= 11 is 2.94. The molecule has 0 spiro atoms. The van der Waals surface area contributed by atoms with Crippen LogP contribution in [0.2, 0.25) is 0 Å². The van der Waals surface area contributed by atoms with Crippen molar-refractivity contribution in [2.75, 3.05) is 19.8 Å². The zero-order valence-electron chi connectivity index (χ0n) is 9.36. The minimum atomic E-state index is -1.58. The van der Waals surface area contributed by atoms with Crippen molar-refractivity contribution in [3.05, 3.63) is 34.1 Å². The predicted molar refractivity (Wildman–Crippen MR) is 65.6 cm³/mol. The van der Waals surface area contributed by atoms with Gasteiger partial charge in [-0.05, 0) is 28.1 Å². The Morgan fingerprint density at radius 2 is 1.83 bits per heavy atom. The fourth-order valence-electron chi connectivity index (χ4n) is 1.26. The van der Waals surface area contributed by atoms with Crippen molar-refractivity contribution in [2.24, 2.45) is 0 Å². The molecule has 18 heavy (non-hydrogen) atoms. The van der Waals surface area contributed by atoms with Gasteiger partial charge in [0.05, 0.1) is 29.9 Å². The molecule has 100 valence electrons. The Hall–Kier alpha value is -1.02. The summed E-state index contributed by atoms with van der Waals surface area (Å²) in [4.78, 5) is 11.8. The van der Waals surface area contributed by atoms with Gasteiger partial charge in [-0.3, -0.25) is 4.79 Å². The minimum Gasteiger partial charge on any atom is -0.394 e. The number of rotatable bonds is 5. The first-order valence-electron chi connectivity index (χ1n) is 5.09. The SMILES string of the molecule is O=C(NC(CO)(CO)CO)c1cccc(Br)c1F. The molecule has 0 fully saturated rings. The van der Waals surface area contributed by atoms with Crippen molar-refractivity contribution in [2.45, 2.75) is 5.54 Å². The lowest BCUT2D eigenvalue weighted by Gasteiger charge is -2.28. The summed E-state index contributed by atoms with van der Waals surface area (Å²) in [5.74, 6) is -1.58. The second-order valence-electron chi connectivity index (χ2n) is 3.81. The Labute approximate surface area is 111 Å². The number of carbonyl (C=O) groups is 1.